The van der Waals surface area contributed by atoms with Crippen LogP contribution in [0.4, 0.5) is 5.69 Å². The van der Waals surface area contributed by atoms with E-state index < -0.39 is 10.0 Å². The molecule has 1 aromatic carbocycles. The molecule has 20 heavy (non-hydrogen) atoms. The lowest BCUT2D eigenvalue weighted by Gasteiger charge is -2.11. The molecule has 0 heterocycles. The average molecular weight is 316 g/mol. The summed E-state index contributed by atoms with van der Waals surface area (Å²) >= 11 is 5.97. The fourth-order valence-electron chi connectivity index (χ4n) is 1.43. The molecule has 0 aliphatic carbocycles. The summed E-state index contributed by atoms with van der Waals surface area (Å²) in [5.41, 5.74) is 0.894. The summed E-state index contributed by atoms with van der Waals surface area (Å²) in [6, 6.07) is 4.79. The van der Waals surface area contributed by atoms with Crippen LogP contribution in [0.25, 0.3) is 0 Å². The fraction of sp³-hybridized carbons (Fsp3) is 0.429. The topological polar surface area (TPSA) is 66.4 Å². The van der Waals surface area contributed by atoms with E-state index in [-0.39, 0.29) is 12.4 Å². The lowest BCUT2D eigenvalue weighted by molar-refractivity contribution is 0.350. The van der Waals surface area contributed by atoms with Gasteiger partial charge in [-0.25, -0.2) is 8.42 Å². The standard InChI is InChI=1S/C14H18ClNO3S/c1-11(2)7-9-20(18,19)16-14-10-12(4-3-8-17)5-6-13(14)15/h5-6,10-11,16-17H,7-9H2,1-2H3. The predicted molar refractivity (Wildman–Crippen MR) is 82.3 cm³/mol. The van der Waals surface area contributed by atoms with Gasteiger partial charge in [0.1, 0.15) is 6.61 Å². The summed E-state index contributed by atoms with van der Waals surface area (Å²) in [6.07, 6.45) is 0.580. The summed E-state index contributed by atoms with van der Waals surface area (Å²) < 4.78 is 26.3. The SMILES string of the molecule is CC(C)CCS(=O)(=O)Nc1cc(C#CCO)ccc1Cl. The first-order valence-electron chi connectivity index (χ1n) is 6.24. The van der Waals surface area contributed by atoms with Crippen LogP contribution in [0.15, 0.2) is 18.2 Å². The maximum Gasteiger partial charge on any atom is 0.232 e. The molecule has 0 fully saturated rings. The van der Waals surface area contributed by atoms with Crippen molar-refractivity contribution in [3.8, 4) is 11.8 Å². The zero-order valence-electron chi connectivity index (χ0n) is 11.5. The van der Waals surface area contributed by atoms with Crippen LogP contribution in [0.1, 0.15) is 25.8 Å². The Hall–Kier alpha value is -1.22. The van der Waals surface area contributed by atoms with E-state index in [0.717, 1.165) is 0 Å². The molecule has 0 unspecified atom stereocenters. The number of rotatable bonds is 5. The highest BCUT2D eigenvalue weighted by atomic mass is 35.5. The van der Waals surface area contributed by atoms with Crippen LogP contribution in [0.5, 0.6) is 0 Å². The number of anilines is 1. The minimum Gasteiger partial charge on any atom is -0.384 e. The fourth-order valence-corrected chi connectivity index (χ4v) is 3.04. The molecule has 0 radical (unpaired) electrons. The van der Waals surface area contributed by atoms with Gasteiger partial charge in [0.2, 0.25) is 10.0 Å². The van der Waals surface area contributed by atoms with Crippen LogP contribution in [-0.4, -0.2) is 25.9 Å². The first kappa shape index (κ1) is 16.8. The van der Waals surface area contributed by atoms with Gasteiger partial charge >= 0.3 is 0 Å². The molecule has 0 atom stereocenters. The minimum absolute atomic E-state index is 0.0491. The van der Waals surface area contributed by atoms with E-state index in [9.17, 15) is 8.42 Å². The van der Waals surface area contributed by atoms with Crippen LogP contribution in [0.3, 0.4) is 0 Å². The number of hydrogen-bond acceptors (Lipinski definition) is 3. The summed E-state index contributed by atoms with van der Waals surface area (Å²) in [4.78, 5) is 0. The molecule has 110 valence electrons. The van der Waals surface area contributed by atoms with Gasteiger partial charge in [0.25, 0.3) is 0 Å². The smallest absolute Gasteiger partial charge is 0.232 e. The molecule has 0 aliphatic heterocycles. The van der Waals surface area contributed by atoms with E-state index in [0.29, 0.717) is 28.6 Å². The second-order valence-corrected chi connectivity index (χ2v) is 7.01. The van der Waals surface area contributed by atoms with Gasteiger partial charge in [-0.3, -0.25) is 4.72 Å². The summed E-state index contributed by atoms with van der Waals surface area (Å²) in [6.45, 7) is 3.68. The van der Waals surface area contributed by atoms with E-state index in [4.69, 9.17) is 16.7 Å². The van der Waals surface area contributed by atoms with Gasteiger partial charge in [-0.1, -0.05) is 37.3 Å². The maximum absolute atomic E-state index is 11.9. The van der Waals surface area contributed by atoms with Gasteiger partial charge in [0.15, 0.2) is 0 Å². The molecule has 0 spiro atoms. The molecule has 0 amide bonds. The maximum atomic E-state index is 11.9. The number of halogens is 1. The highest BCUT2D eigenvalue weighted by molar-refractivity contribution is 7.92. The minimum atomic E-state index is -3.42. The van der Waals surface area contributed by atoms with Crippen molar-refractivity contribution in [2.75, 3.05) is 17.1 Å². The Labute approximate surface area is 125 Å². The summed E-state index contributed by atoms with van der Waals surface area (Å²) in [5, 5.41) is 8.96. The van der Waals surface area contributed by atoms with Gasteiger partial charge in [0, 0.05) is 5.56 Å². The molecule has 6 heteroatoms. The van der Waals surface area contributed by atoms with Crippen LogP contribution in [-0.2, 0) is 10.0 Å². The van der Waals surface area contributed by atoms with Crippen LogP contribution >= 0.6 is 11.6 Å². The molecule has 0 saturated carbocycles. The number of sulfonamides is 1. The van der Waals surface area contributed by atoms with Crippen LogP contribution < -0.4 is 4.72 Å². The first-order chi connectivity index (χ1) is 9.34. The highest BCUT2D eigenvalue weighted by Crippen LogP contribution is 2.24. The lowest BCUT2D eigenvalue weighted by atomic mass is 10.2. The first-order valence-corrected chi connectivity index (χ1v) is 8.27. The van der Waals surface area contributed by atoms with Crippen molar-refractivity contribution < 1.29 is 13.5 Å². The molecule has 0 aliphatic rings. The number of nitrogens with one attached hydrogen (secondary N) is 1. The average Bonchev–Trinajstić information content (AvgIpc) is 2.37. The molecule has 0 saturated heterocycles. The van der Waals surface area contributed by atoms with Crippen molar-refractivity contribution in [1.82, 2.24) is 0 Å². The predicted octanol–water partition coefficient (Wildman–Crippen LogP) is 2.47. The van der Waals surface area contributed by atoms with E-state index in [1.54, 1.807) is 18.2 Å². The van der Waals surface area contributed by atoms with Crippen LogP contribution in [0, 0.1) is 17.8 Å². The molecule has 0 bridgehead atoms. The third-order valence-electron chi connectivity index (χ3n) is 2.51. The summed E-state index contributed by atoms with van der Waals surface area (Å²) in [5.74, 6) is 5.56. The van der Waals surface area contributed by atoms with Gasteiger partial charge in [-0.2, -0.15) is 0 Å². The molecular weight excluding hydrogens is 298 g/mol. The third kappa shape index (κ3) is 5.83. The molecule has 2 N–H and O–H groups in total. The normalized spacial score (nSPS) is 11.1. The van der Waals surface area contributed by atoms with Crippen molar-refractivity contribution in [2.24, 2.45) is 5.92 Å². The van der Waals surface area contributed by atoms with Crippen molar-refractivity contribution >= 4 is 27.3 Å². The molecule has 1 aromatic rings. The monoisotopic (exact) mass is 315 g/mol. The van der Waals surface area contributed by atoms with Crippen molar-refractivity contribution in [1.29, 1.82) is 0 Å². The molecule has 0 aromatic heterocycles. The molecular formula is C14H18ClNO3S. The Bertz CT molecular complexity index is 615. The number of benzene rings is 1. The van der Waals surface area contributed by atoms with E-state index in [1.807, 2.05) is 13.8 Å². The zero-order chi connectivity index (χ0) is 15.2. The van der Waals surface area contributed by atoms with E-state index in [2.05, 4.69) is 16.6 Å². The zero-order valence-corrected chi connectivity index (χ0v) is 13.1. The second kappa shape index (κ2) is 7.53. The summed E-state index contributed by atoms with van der Waals surface area (Å²) in [7, 11) is -3.42. The van der Waals surface area contributed by atoms with Crippen molar-refractivity contribution in [3.63, 3.8) is 0 Å². The Kier molecular flexibility index (Phi) is 6.34. The van der Waals surface area contributed by atoms with Crippen molar-refractivity contribution in [2.45, 2.75) is 20.3 Å². The Morgan fingerprint density at radius 3 is 2.70 bits per heavy atom. The van der Waals surface area contributed by atoms with Gasteiger partial charge in [0.05, 0.1) is 16.5 Å². The lowest BCUT2D eigenvalue weighted by Crippen LogP contribution is -2.18. The Morgan fingerprint density at radius 2 is 2.10 bits per heavy atom. The molecule has 1 rings (SSSR count). The molecule has 4 nitrogen and oxygen atoms in total. The van der Waals surface area contributed by atoms with Crippen LogP contribution in [0.2, 0.25) is 5.02 Å². The second-order valence-electron chi connectivity index (χ2n) is 4.76. The number of aliphatic hydroxyl groups is 1. The number of hydrogen-bond donors (Lipinski definition) is 2. The van der Waals surface area contributed by atoms with E-state index in [1.165, 1.54) is 0 Å². The largest absolute Gasteiger partial charge is 0.384 e. The van der Waals surface area contributed by atoms with Gasteiger partial charge in [-0.05, 0) is 30.5 Å². The van der Waals surface area contributed by atoms with E-state index >= 15 is 0 Å². The van der Waals surface area contributed by atoms with Gasteiger partial charge < -0.3 is 5.11 Å². The Balaban J connectivity index is 2.91. The Morgan fingerprint density at radius 1 is 1.40 bits per heavy atom. The third-order valence-corrected chi connectivity index (χ3v) is 4.14. The van der Waals surface area contributed by atoms with Gasteiger partial charge in [-0.15, -0.1) is 0 Å². The number of aliphatic hydroxyl groups excluding tert-OH is 1. The van der Waals surface area contributed by atoms with Crippen molar-refractivity contribution in [3.05, 3.63) is 28.8 Å². The highest BCUT2D eigenvalue weighted by Gasteiger charge is 2.13. The quantitative estimate of drug-likeness (QED) is 0.820.